The number of carbonyl (C=O) groups excluding carboxylic acids is 1. The van der Waals surface area contributed by atoms with E-state index in [0.29, 0.717) is 17.3 Å². The number of hydrogen-bond donors (Lipinski definition) is 1. The first-order chi connectivity index (χ1) is 11.8. The van der Waals surface area contributed by atoms with Crippen LogP contribution in [0.3, 0.4) is 0 Å². The van der Waals surface area contributed by atoms with Crippen molar-refractivity contribution in [2.75, 3.05) is 18.9 Å². The van der Waals surface area contributed by atoms with Gasteiger partial charge in [-0.05, 0) is 49.4 Å². The van der Waals surface area contributed by atoms with Gasteiger partial charge in [0.15, 0.2) is 0 Å². The van der Waals surface area contributed by atoms with Crippen molar-refractivity contribution >= 4 is 23.2 Å². The van der Waals surface area contributed by atoms with Crippen LogP contribution in [0.5, 0.6) is 5.75 Å². The van der Waals surface area contributed by atoms with Crippen LogP contribution < -0.4 is 10.1 Å². The number of hydrogen-bond acceptors (Lipinski definition) is 3. The highest BCUT2D eigenvalue weighted by Crippen LogP contribution is 2.22. The summed E-state index contributed by atoms with van der Waals surface area (Å²) in [4.78, 5) is 13.9. The van der Waals surface area contributed by atoms with E-state index in [1.807, 2.05) is 13.0 Å². The van der Waals surface area contributed by atoms with E-state index in [2.05, 4.69) is 10.1 Å². The molecule has 134 valence electrons. The average molecular weight is 369 g/mol. The van der Waals surface area contributed by atoms with Crippen molar-refractivity contribution in [3.8, 4) is 5.75 Å². The molecule has 2 rings (SSSR count). The van der Waals surface area contributed by atoms with E-state index in [1.54, 1.807) is 36.2 Å². The predicted octanol–water partition coefficient (Wildman–Crippen LogP) is 4.32. The van der Waals surface area contributed by atoms with Crippen LogP contribution in [0.15, 0.2) is 42.5 Å². The number of likely N-dealkylation sites (N-methyl/N-ethyl adjacent to an activating group) is 1. The molecule has 1 amide bonds. The number of carbonyl (C=O) groups is 1. The smallest absolute Gasteiger partial charge is 0.387 e. The Labute approximate surface area is 150 Å². The van der Waals surface area contributed by atoms with Crippen molar-refractivity contribution in [3.05, 3.63) is 58.6 Å². The molecule has 25 heavy (non-hydrogen) atoms. The Morgan fingerprint density at radius 1 is 1.24 bits per heavy atom. The standard InChI is InChI=1S/C18H19ClF2N2O2/c1-12-3-8-16(15(19)9-12)22-17(24)11-23(2)10-13-4-6-14(7-5-13)25-18(20)21/h3-9,18H,10-11H2,1-2H3,(H,22,24). The van der Waals surface area contributed by atoms with Gasteiger partial charge in [0.2, 0.25) is 5.91 Å². The Kier molecular flexibility index (Phi) is 6.73. The SMILES string of the molecule is Cc1ccc(NC(=O)CN(C)Cc2ccc(OC(F)F)cc2)c(Cl)c1. The van der Waals surface area contributed by atoms with Crippen LogP contribution in [0.25, 0.3) is 0 Å². The summed E-state index contributed by atoms with van der Waals surface area (Å²) >= 11 is 6.10. The van der Waals surface area contributed by atoms with Gasteiger partial charge in [-0.1, -0.05) is 29.8 Å². The minimum Gasteiger partial charge on any atom is -0.435 e. The van der Waals surface area contributed by atoms with Gasteiger partial charge < -0.3 is 10.1 Å². The quantitative estimate of drug-likeness (QED) is 0.791. The summed E-state index contributed by atoms with van der Waals surface area (Å²) in [6.07, 6.45) is 0. The normalized spacial score (nSPS) is 11.0. The lowest BCUT2D eigenvalue weighted by Gasteiger charge is -2.17. The summed E-state index contributed by atoms with van der Waals surface area (Å²) in [7, 11) is 1.79. The number of benzene rings is 2. The van der Waals surface area contributed by atoms with E-state index < -0.39 is 6.61 Å². The van der Waals surface area contributed by atoms with Gasteiger partial charge in [-0.25, -0.2) is 0 Å². The third-order valence-corrected chi connectivity index (χ3v) is 3.73. The Balaban J connectivity index is 1.86. The Hall–Kier alpha value is -2.18. The van der Waals surface area contributed by atoms with Gasteiger partial charge in [-0.15, -0.1) is 0 Å². The molecular formula is C18H19ClF2N2O2. The fourth-order valence-electron chi connectivity index (χ4n) is 2.30. The molecule has 2 aromatic carbocycles. The molecule has 0 radical (unpaired) electrons. The molecule has 0 heterocycles. The second-order valence-corrected chi connectivity index (χ2v) is 6.13. The lowest BCUT2D eigenvalue weighted by atomic mass is 10.2. The third-order valence-electron chi connectivity index (χ3n) is 3.41. The maximum absolute atomic E-state index is 12.1. The molecule has 0 aliphatic heterocycles. The van der Waals surface area contributed by atoms with Crippen molar-refractivity contribution in [3.63, 3.8) is 0 Å². The summed E-state index contributed by atoms with van der Waals surface area (Å²) < 4.78 is 28.5. The van der Waals surface area contributed by atoms with Crippen LogP contribution in [-0.4, -0.2) is 31.0 Å². The van der Waals surface area contributed by atoms with Gasteiger partial charge in [0.25, 0.3) is 0 Å². The van der Waals surface area contributed by atoms with Crippen LogP contribution in [0.2, 0.25) is 5.02 Å². The van der Waals surface area contributed by atoms with Crippen molar-refractivity contribution in [1.29, 1.82) is 0 Å². The molecule has 0 aliphatic carbocycles. The van der Waals surface area contributed by atoms with Crippen LogP contribution in [0, 0.1) is 6.92 Å². The molecule has 0 saturated carbocycles. The number of amides is 1. The monoisotopic (exact) mass is 368 g/mol. The van der Waals surface area contributed by atoms with Crippen molar-refractivity contribution < 1.29 is 18.3 Å². The van der Waals surface area contributed by atoms with E-state index in [-0.39, 0.29) is 18.2 Å². The highest BCUT2D eigenvalue weighted by molar-refractivity contribution is 6.33. The second kappa shape index (κ2) is 8.78. The van der Waals surface area contributed by atoms with E-state index >= 15 is 0 Å². The van der Waals surface area contributed by atoms with Gasteiger partial charge in [-0.2, -0.15) is 8.78 Å². The fourth-order valence-corrected chi connectivity index (χ4v) is 2.58. The molecule has 2 aromatic rings. The van der Waals surface area contributed by atoms with Crippen LogP contribution in [0.4, 0.5) is 14.5 Å². The van der Waals surface area contributed by atoms with Gasteiger partial charge in [-0.3, -0.25) is 9.69 Å². The summed E-state index contributed by atoms with van der Waals surface area (Å²) in [6, 6.07) is 11.7. The first-order valence-corrected chi connectivity index (χ1v) is 7.99. The largest absolute Gasteiger partial charge is 0.435 e. The summed E-state index contributed by atoms with van der Waals surface area (Å²) in [5, 5.41) is 3.26. The van der Waals surface area contributed by atoms with E-state index in [0.717, 1.165) is 11.1 Å². The topological polar surface area (TPSA) is 41.6 Å². The maximum Gasteiger partial charge on any atom is 0.387 e. The number of anilines is 1. The minimum atomic E-state index is -2.84. The van der Waals surface area contributed by atoms with Gasteiger partial charge in [0, 0.05) is 6.54 Å². The number of rotatable bonds is 7. The summed E-state index contributed by atoms with van der Waals surface area (Å²) in [5.41, 5.74) is 2.46. The Morgan fingerprint density at radius 3 is 2.52 bits per heavy atom. The molecule has 0 fully saturated rings. The highest BCUT2D eigenvalue weighted by Gasteiger charge is 2.10. The summed E-state index contributed by atoms with van der Waals surface area (Å²) in [5.74, 6) is -0.0842. The minimum absolute atomic E-state index is 0.105. The third kappa shape index (κ3) is 6.32. The molecule has 0 aliphatic rings. The van der Waals surface area contributed by atoms with Crippen LogP contribution in [0.1, 0.15) is 11.1 Å². The molecule has 0 aromatic heterocycles. The predicted molar refractivity (Wildman–Crippen MR) is 94.2 cm³/mol. The molecule has 0 spiro atoms. The number of ether oxygens (including phenoxy) is 1. The molecule has 0 bridgehead atoms. The average Bonchev–Trinajstić information content (AvgIpc) is 2.51. The molecule has 0 atom stereocenters. The van der Waals surface area contributed by atoms with E-state index in [9.17, 15) is 13.6 Å². The van der Waals surface area contributed by atoms with Crippen molar-refractivity contribution in [1.82, 2.24) is 4.90 Å². The Bertz CT molecular complexity index is 724. The van der Waals surface area contributed by atoms with Gasteiger partial charge >= 0.3 is 6.61 Å². The zero-order valence-corrected chi connectivity index (χ0v) is 14.7. The number of nitrogens with one attached hydrogen (secondary N) is 1. The van der Waals surface area contributed by atoms with Crippen LogP contribution in [-0.2, 0) is 11.3 Å². The number of halogens is 3. The first kappa shape index (κ1) is 19.1. The molecule has 0 unspecified atom stereocenters. The van der Waals surface area contributed by atoms with Crippen LogP contribution >= 0.6 is 11.6 Å². The zero-order chi connectivity index (χ0) is 18.4. The number of alkyl halides is 2. The molecule has 7 heteroatoms. The highest BCUT2D eigenvalue weighted by atomic mass is 35.5. The van der Waals surface area contributed by atoms with Crippen molar-refractivity contribution in [2.24, 2.45) is 0 Å². The summed E-state index contributed by atoms with van der Waals surface area (Å²) in [6.45, 7) is -0.266. The lowest BCUT2D eigenvalue weighted by molar-refractivity contribution is -0.117. The Morgan fingerprint density at radius 2 is 1.92 bits per heavy atom. The number of aryl methyl sites for hydroxylation is 1. The maximum atomic E-state index is 12.1. The molecular weight excluding hydrogens is 350 g/mol. The number of nitrogens with zero attached hydrogens (tertiary/aromatic N) is 1. The molecule has 4 nitrogen and oxygen atoms in total. The van der Waals surface area contributed by atoms with Crippen molar-refractivity contribution in [2.45, 2.75) is 20.1 Å². The van der Waals surface area contributed by atoms with Gasteiger partial charge in [0.05, 0.1) is 17.3 Å². The lowest BCUT2D eigenvalue weighted by Crippen LogP contribution is -2.29. The molecule has 0 saturated heterocycles. The van der Waals surface area contributed by atoms with E-state index in [1.165, 1.54) is 12.1 Å². The zero-order valence-electron chi connectivity index (χ0n) is 13.9. The van der Waals surface area contributed by atoms with Gasteiger partial charge in [0.1, 0.15) is 5.75 Å². The van der Waals surface area contributed by atoms with E-state index in [4.69, 9.17) is 11.6 Å². The fraction of sp³-hybridized carbons (Fsp3) is 0.278. The molecule has 1 N–H and O–H groups in total. The second-order valence-electron chi connectivity index (χ2n) is 5.73. The first-order valence-electron chi connectivity index (χ1n) is 7.62.